The van der Waals surface area contributed by atoms with Crippen LogP contribution < -0.4 is 9.47 Å². The molecule has 0 atom stereocenters. The molecule has 0 radical (unpaired) electrons. The molecule has 0 N–H and O–H groups in total. The fourth-order valence-electron chi connectivity index (χ4n) is 1.72. The second-order valence-corrected chi connectivity index (χ2v) is 4.45. The molecule has 4 nitrogen and oxygen atoms in total. The maximum atomic E-state index is 5.61. The molecule has 0 aliphatic carbocycles. The van der Waals surface area contributed by atoms with Crippen LogP contribution in [0.2, 0.25) is 0 Å². The molecule has 20 heavy (non-hydrogen) atoms. The first-order chi connectivity index (χ1) is 9.83. The van der Waals surface area contributed by atoms with Gasteiger partial charge in [-0.05, 0) is 25.0 Å². The van der Waals surface area contributed by atoms with Gasteiger partial charge < -0.3 is 9.47 Å². The molecule has 106 valence electrons. The highest BCUT2D eigenvalue weighted by Crippen LogP contribution is 2.23. The predicted molar refractivity (Wildman–Crippen MR) is 79.0 cm³/mol. The van der Waals surface area contributed by atoms with E-state index in [4.69, 9.17) is 9.47 Å². The van der Waals surface area contributed by atoms with Crippen LogP contribution in [0.25, 0.3) is 11.4 Å². The smallest absolute Gasteiger partial charge is 0.123 e. The van der Waals surface area contributed by atoms with E-state index in [9.17, 15) is 0 Å². The SMILES string of the molecule is CCCOc1ccnc(-c2cc(OCCC)ccn2)c1. The summed E-state index contributed by atoms with van der Waals surface area (Å²) in [6.07, 6.45) is 5.44. The van der Waals surface area contributed by atoms with Gasteiger partial charge in [0, 0.05) is 24.5 Å². The van der Waals surface area contributed by atoms with E-state index in [1.807, 2.05) is 24.3 Å². The Labute approximate surface area is 119 Å². The normalized spacial score (nSPS) is 10.3. The van der Waals surface area contributed by atoms with E-state index in [1.165, 1.54) is 0 Å². The monoisotopic (exact) mass is 272 g/mol. The topological polar surface area (TPSA) is 44.2 Å². The van der Waals surface area contributed by atoms with Crippen molar-refractivity contribution in [1.82, 2.24) is 9.97 Å². The number of aromatic nitrogens is 2. The first kappa shape index (κ1) is 14.3. The van der Waals surface area contributed by atoms with E-state index in [2.05, 4.69) is 23.8 Å². The van der Waals surface area contributed by atoms with Gasteiger partial charge in [0.15, 0.2) is 0 Å². The van der Waals surface area contributed by atoms with E-state index in [-0.39, 0.29) is 0 Å². The highest BCUT2D eigenvalue weighted by molar-refractivity contribution is 5.57. The average Bonchev–Trinajstić information content (AvgIpc) is 2.51. The molecule has 0 aliphatic heterocycles. The quantitative estimate of drug-likeness (QED) is 0.770. The van der Waals surface area contributed by atoms with Gasteiger partial charge in [-0.1, -0.05) is 13.8 Å². The maximum Gasteiger partial charge on any atom is 0.123 e. The number of nitrogens with zero attached hydrogens (tertiary/aromatic N) is 2. The largest absolute Gasteiger partial charge is 0.493 e. The summed E-state index contributed by atoms with van der Waals surface area (Å²) in [6, 6.07) is 7.52. The summed E-state index contributed by atoms with van der Waals surface area (Å²) in [5.74, 6) is 1.64. The van der Waals surface area contributed by atoms with Crippen molar-refractivity contribution in [2.75, 3.05) is 13.2 Å². The molecule has 0 unspecified atom stereocenters. The van der Waals surface area contributed by atoms with Gasteiger partial charge in [0.1, 0.15) is 11.5 Å². The standard InChI is InChI=1S/C16H20N2O2/c1-3-9-19-13-5-7-17-15(11-13)16-12-14(6-8-18-16)20-10-4-2/h5-8,11-12H,3-4,9-10H2,1-2H3. The molecule has 0 amide bonds. The van der Waals surface area contributed by atoms with Crippen molar-refractivity contribution in [3.8, 4) is 22.9 Å². The van der Waals surface area contributed by atoms with Gasteiger partial charge in [0.25, 0.3) is 0 Å². The molecule has 2 rings (SSSR count). The van der Waals surface area contributed by atoms with Crippen molar-refractivity contribution >= 4 is 0 Å². The zero-order valence-corrected chi connectivity index (χ0v) is 12.0. The molecule has 2 aromatic heterocycles. The Kier molecular flexibility index (Phi) is 5.35. The third-order valence-electron chi connectivity index (χ3n) is 2.67. The fraction of sp³-hybridized carbons (Fsp3) is 0.375. The number of rotatable bonds is 7. The molecule has 0 fully saturated rings. The first-order valence-electron chi connectivity index (χ1n) is 7.01. The zero-order chi connectivity index (χ0) is 14.2. The molecule has 2 aromatic rings. The summed E-state index contributed by atoms with van der Waals surface area (Å²) in [4.78, 5) is 8.68. The van der Waals surface area contributed by atoms with Crippen molar-refractivity contribution in [1.29, 1.82) is 0 Å². The molecule has 0 spiro atoms. The van der Waals surface area contributed by atoms with Gasteiger partial charge in [-0.3, -0.25) is 9.97 Å². The van der Waals surface area contributed by atoms with Crippen LogP contribution in [-0.4, -0.2) is 23.2 Å². The average molecular weight is 272 g/mol. The van der Waals surface area contributed by atoms with Crippen molar-refractivity contribution in [2.45, 2.75) is 26.7 Å². The lowest BCUT2D eigenvalue weighted by atomic mass is 10.2. The Morgan fingerprint density at radius 3 is 1.65 bits per heavy atom. The number of pyridine rings is 2. The van der Waals surface area contributed by atoms with Gasteiger partial charge in [0.05, 0.1) is 24.6 Å². The maximum absolute atomic E-state index is 5.61. The minimum Gasteiger partial charge on any atom is -0.493 e. The van der Waals surface area contributed by atoms with Crippen molar-refractivity contribution in [3.63, 3.8) is 0 Å². The molecule has 4 heteroatoms. The Morgan fingerprint density at radius 2 is 1.25 bits per heavy atom. The highest BCUT2D eigenvalue weighted by atomic mass is 16.5. The molecular formula is C16H20N2O2. The van der Waals surface area contributed by atoms with Crippen LogP contribution in [0.5, 0.6) is 11.5 Å². The summed E-state index contributed by atoms with van der Waals surface area (Å²) in [5.41, 5.74) is 1.58. The summed E-state index contributed by atoms with van der Waals surface area (Å²) in [7, 11) is 0. The van der Waals surface area contributed by atoms with Gasteiger partial charge in [0.2, 0.25) is 0 Å². The summed E-state index contributed by atoms with van der Waals surface area (Å²) in [5, 5.41) is 0. The van der Waals surface area contributed by atoms with E-state index in [0.29, 0.717) is 13.2 Å². The van der Waals surface area contributed by atoms with Crippen molar-refractivity contribution < 1.29 is 9.47 Å². The van der Waals surface area contributed by atoms with E-state index >= 15 is 0 Å². The fourth-order valence-corrected chi connectivity index (χ4v) is 1.72. The minimum atomic E-state index is 0.705. The lowest BCUT2D eigenvalue weighted by Crippen LogP contribution is -1.97. The van der Waals surface area contributed by atoms with Crippen molar-refractivity contribution in [2.24, 2.45) is 0 Å². The molecule has 0 aliphatic rings. The van der Waals surface area contributed by atoms with E-state index in [1.54, 1.807) is 12.4 Å². The second-order valence-electron chi connectivity index (χ2n) is 4.45. The van der Waals surface area contributed by atoms with E-state index < -0.39 is 0 Å². The van der Waals surface area contributed by atoms with Crippen LogP contribution in [0.4, 0.5) is 0 Å². The number of ether oxygens (including phenoxy) is 2. The van der Waals surface area contributed by atoms with E-state index in [0.717, 1.165) is 35.7 Å². The molecule has 0 aromatic carbocycles. The predicted octanol–water partition coefficient (Wildman–Crippen LogP) is 3.72. The highest BCUT2D eigenvalue weighted by Gasteiger charge is 2.05. The molecule has 0 saturated heterocycles. The molecule has 0 bridgehead atoms. The van der Waals surface area contributed by atoms with Crippen LogP contribution >= 0.6 is 0 Å². The Morgan fingerprint density at radius 1 is 0.800 bits per heavy atom. The second kappa shape index (κ2) is 7.48. The summed E-state index contributed by atoms with van der Waals surface area (Å²) in [6.45, 7) is 5.57. The minimum absolute atomic E-state index is 0.705. The van der Waals surface area contributed by atoms with Crippen LogP contribution in [0.15, 0.2) is 36.7 Å². The summed E-state index contributed by atoms with van der Waals surface area (Å²) < 4.78 is 11.2. The Bertz CT molecular complexity index is 494. The van der Waals surface area contributed by atoms with Crippen LogP contribution in [-0.2, 0) is 0 Å². The molecule has 2 heterocycles. The van der Waals surface area contributed by atoms with Crippen LogP contribution in [0.1, 0.15) is 26.7 Å². The van der Waals surface area contributed by atoms with Gasteiger partial charge >= 0.3 is 0 Å². The third-order valence-corrected chi connectivity index (χ3v) is 2.67. The molecule has 0 saturated carbocycles. The lowest BCUT2D eigenvalue weighted by molar-refractivity contribution is 0.316. The van der Waals surface area contributed by atoms with Crippen molar-refractivity contribution in [3.05, 3.63) is 36.7 Å². The third kappa shape index (κ3) is 3.95. The van der Waals surface area contributed by atoms with Crippen LogP contribution in [0, 0.1) is 0 Å². The first-order valence-corrected chi connectivity index (χ1v) is 7.01. The van der Waals surface area contributed by atoms with Gasteiger partial charge in [-0.2, -0.15) is 0 Å². The number of hydrogen-bond acceptors (Lipinski definition) is 4. The van der Waals surface area contributed by atoms with Gasteiger partial charge in [-0.15, -0.1) is 0 Å². The zero-order valence-electron chi connectivity index (χ0n) is 12.0. The summed E-state index contributed by atoms with van der Waals surface area (Å²) >= 11 is 0. The lowest BCUT2D eigenvalue weighted by Gasteiger charge is -2.08. The Hall–Kier alpha value is -2.10. The molecular weight excluding hydrogens is 252 g/mol. The number of hydrogen-bond donors (Lipinski definition) is 0. The Balaban J connectivity index is 2.17. The van der Waals surface area contributed by atoms with Crippen LogP contribution in [0.3, 0.4) is 0 Å². The van der Waals surface area contributed by atoms with Gasteiger partial charge in [-0.25, -0.2) is 0 Å².